The fourth-order valence-corrected chi connectivity index (χ4v) is 2.97. The number of aromatic amines is 1. The predicted octanol–water partition coefficient (Wildman–Crippen LogP) is 3.66. The number of rotatable bonds is 1. The fourth-order valence-electron chi connectivity index (χ4n) is 2.61. The molecule has 16 heavy (non-hydrogen) atoms. The lowest BCUT2D eigenvalue weighted by Crippen LogP contribution is -2.13. The molecular weight excluding hydrogens is 264 g/mol. The molecule has 1 atom stereocenters. The number of hydrogen-bond acceptors (Lipinski definition) is 1. The second-order valence-corrected chi connectivity index (χ2v) is 5.42. The Bertz CT molecular complexity index is 524. The third kappa shape index (κ3) is 1.59. The molecule has 1 aromatic heterocycles. The van der Waals surface area contributed by atoms with Gasteiger partial charge < -0.3 is 10.3 Å². The minimum Gasteiger partial charge on any atom is -0.357 e. The largest absolute Gasteiger partial charge is 0.357 e. The zero-order chi connectivity index (χ0) is 11.1. The number of fused-ring (bicyclic) bond motifs is 1. The second-order valence-electron chi connectivity index (χ2n) is 4.50. The molecule has 0 amide bonds. The summed E-state index contributed by atoms with van der Waals surface area (Å²) in [5.74, 6) is 0. The highest BCUT2D eigenvalue weighted by molar-refractivity contribution is 9.10. The molecule has 1 aromatic carbocycles. The van der Waals surface area contributed by atoms with E-state index in [1.165, 1.54) is 35.0 Å². The van der Waals surface area contributed by atoms with Crippen LogP contribution in [0.2, 0.25) is 0 Å². The van der Waals surface area contributed by atoms with Crippen LogP contribution in [0, 0.1) is 6.92 Å². The molecule has 2 nitrogen and oxygen atoms in total. The summed E-state index contributed by atoms with van der Waals surface area (Å²) in [7, 11) is 0. The molecule has 0 radical (unpaired) electrons. The van der Waals surface area contributed by atoms with E-state index < -0.39 is 0 Å². The molecule has 3 rings (SSSR count). The van der Waals surface area contributed by atoms with E-state index >= 15 is 0 Å². The van der Waals surface area contributed by atoms with Crippen LogP contribution >= 0.6 is 15.9 Å². The van der Waals surface area contributed by atoms with Gasteiger partial charge in [0.25, 0.3) is 0 Å². The molecule has 1 aliphatic heterocycles. The van der Waals surface area contributed by atoms with E-state index in [0.717, 1.165) is 11.0 Å². The maximum absolute atomic E-state index is 3.55. The van der Waals surface area contributed by atoms with Crippen molar-refractivity contribution in [3.05, 3.63) is 33.9 Å². The zero-order valence-electron chi connectivity index (χ0n) is 9.31. The van der Waals surface area contributed by atoms with Gasteiger partial charge in [-0.05, 0) is 44.0 Å². The lowest BCUT2D eigenvalue weighted by atomic mass is 10.1. The van der Waals surface area contributed by atoms with Gasteiger partial charge in [0.15, 0.2) is 0 Å². The van der Waals surface area contributed by atoms with E-state index in [9.17, 15) is 0 Å². The van der Waals surface area contributed by atoms with Crippen molar-refractivity contribution in [2.45, 2.75) is 25.8 Å². The number of hydrogen-bond donors (Lipinski definition) is 2. The van der Waals surface area contributed by atoms with E-state index in [4.69, 9.17) is 0 Å². The Morgan fingerprint density at radius 1 is 1.38 bits per heavy atom. The second kappa shape index (κ2) is 3.90. The summed E-state index contributed by atoms with van der Waals surface area (Å²) >= 11 is 3.51. The molecule has 84 valence electrons. The van der Waals surface area contributed by atoms with Gasteiger partial charge in [0.1, 0.15) is 0 Å². The lowest BCUT2D eigenvalue weighted by Gasteiger charge is -2.09. The molecule has 2 aromatic rings. The smallest absolute Gasteiger partial charge is 0.0476 e. The first kappa shape index (κ1) is 10.4. The molecule has 1 aliphatic rings. The Hall–Kier alpha value is -0.800. The van der Waals surface area contributed by atoms with Crippen LogP contribution in [0.1, 0.15) is 30.1 Å². The van der Waals surface area contributed by atoms with Crippen molar-refractivity contribution in [3.63, 3.8) is 0 Å². The maximum atomic E-state index is 3.55. The van der Waals surface area contributed by atoms with E-state index in [-0.39, 0.29) is 0 Å². The van der Waals surface area contributed by atoms with Crippen LogP contribution in [-0.2, 0) is 0 Å². The number of aryl methyl sites for hydroxylation is 1. The van der Waals surface area contributed by atoms with Gasteiger partial charge in [0, 0.05) is 27.1 Å². The van der Waals surface area contributed by atoms with Gasteiger partial charge in [-0.15, -0.1) is 0 Å². The molecule has 0 aliphatic carbocycles. The zero-order valence-corrected chi connectivity index (χ0v) is 10.9. The summed E-state index contributed by atoms with van der Waals surface area (Å²) < 4.78 is 1.13. The molecular formula is C13H15BrN2. The lowest BCUT2D eigenvalue weighted by molar-refractivity contribution is 0.629. The van der Waals surface area contributed by atoms with Crippen molar-refractivity contribution in [1.29, 1.82) is 0 Å². The number of H-pyrrole nitrogens is 1. The van der Waals surface area contributed by atoms with E-state index in [0.29, 0.717) is 6.04 Å². The van der Waals surface area contributed by atoms with Crippen LogP contribution < -0.4 is 5.32 Å². The summed E-state index contributed by atoms with van der Waals surface area (Å²) in [5.41, 5.74) is 3.99. The highest BCUT2D eigenvalue weighted by Gasteiger charge is 2.20. The van der Waals surface area contributed by atoms with Crippen LogP contribution in [0.25, 0.3) is 10.9 Å². The molecule has 3 heteroatoms. The quantitative estimate of drug-likeness (QED) is 0.819. The monoisotopic (exact) mass is 278 g/mol. The first-order valence-corrected chi connectivity index (χ1v) is 6.56. The molecule has 1 saturated heterocycles. The van der Waals surface area contributed by atoms with Gasteiger partial charge in [0.05, 0.1) is 0 Å². The average Bonchev–Trinajstić information content (AvgIpc) is 2.86. The minimum atomic E-state index is 0.520. The Morgan fingerprint density at radius 2 is 2.25 bits per heavy atom. The molecule has 2 N–H and O–H groups in total. The summed E-state index contributed by atoms with van der Waals surface area (Å²) in [6, 6.07) is 6.96. The fraction of sp³-hybridized carbons (Fsp3) is 0.385. The number of aromatic nitrogens is 1. The first-order chi connectivity index (χ1) is 7.75. The van der Waals surface area contributed by atoms with Crippen molar-refractivity contribution in [3.8, 4) is 0 Å². The third-order valence-corrected chi connectivity index (χ3v) is 3.96. The molecule has 2 heterocycles. The SMILES string of the molecule is Cc1c(C2CCCN2)[nH]c2cc(Br)ccc12. The molecule has 1 fully saturated rings. The van der Waals surface area contributed by atoms with Crippen LogP contribution in [0.15, 0.2) is 22.7 Å². The van der Waals surface area contributed by atoms with Gasteiger partial charge >= 0.3 is 0 Å². The number of halogens is 1. The van der Waals surface area contributed by atoms with Crippen LogP contribution in [-0.4, -0.2) is 11.5 Å². The van der Waals surface area contributed by atoms with Crippen LogP contribution in [0.4, 0.5) is 0 Å². The van der Waals surface area contributed by atoms with Gasteiger partial charge in [-0.2, -0.15) is 0 Å². The summed E-state index contributed by atoms with van der Waals surface area (Å²) in [6.45, 7) is 3.35. The minimum absolute atomic E-state index is 0.520. The highest BCUT2D eigenvalue weighted by Crippen LogP contribution is 2.31. The van der Waals surface area contributed by atoms with E-state index in [2.05, 4.69) is 51.4 Å². The van der Waals surface area contributed by atoms with Gasteiger partial charge in [-0.1, -0.05) is 22.0 Å². The average molecular weight is 279 g/mol. The van der Waals surface area contributed by atoms with E-state index in [1.807, 2.05) is 0 Å². The Balaban J connectivity index is 2.14. The van der Waals surface area contributed by atoms with Gasteiger partial charge in [-0.25, -0.2) is 0 Å². The Kier molecular flexibility index (Phi) is 2.52. The third-order valence-electron chi connectivity index (χ3n) is 3.47. The molecule has 0 saturated carbocycles. The summed E-state index contributed by atoms with van der Waals surface area (Å²) in [6.07, 6.45) is 2.53. The van der Waals surface area contributed by atoms with Gasteiger partial charge in [-0.3, -0.25) is 0 Å². The van der Waals surface area contributed by atoms with Crippen molar-refractivity contribution in [2.75, 3.05) is 6.54 Å². The van der Waals surface area contributed by atoms with Crippen molar-refractivity contribution < 1.29 is 0 Å². The Morgan fingerprint density at radius 3 is 3.00 bits per heavy atom. The predicted molar refractivity (Wildman–Crippen MR) is 70.7 cm³/mol. The number of nitrogens with one attached hydrogen (secondary N) is 2. The number of benzene rings is 1. The molecule has 0 spiro atoms. The van der Waals surface area contributed by atoms with Crippen LogP contribution in [0.5, 0.6) is 0 Å². The van der Waals surface area contributed by atoms with E-state index in [1.54, 1.807) is 0 Å². The highest BCUT2D eigenvalue weighted by atomic mass is 79.9. The summed E-state index contributed by atoms with van der Waals surface area (Å²) in [4.78, 5) is 3.55. The van der Waals surface area contributed by atoms with Gasteiger partial charge in [0.2, 0.25) is 0 Å². The topological polar surface area (TPSA) is 27.8 Å². The normalized spacial score (nSPS) is 20.8. The van der Waals surface area contributed by atoms with Crippen molar-refractivity contribution in [2.24, 2.45) is 0 Å². The maximum Gasteiger partial charge on any atom is 0.0476 e. The molecule has 0 bridgehead atoms. The summed E-state index contributed by atoms with van der Waals surface area (Å²) in [5, 5.41) is 4.89. The van der Waals surface area contributed by atoms with Crippen LogP contribution in [0.3, 0.4) is 0 Å². The van der Waals surface area contributed by atoms with Crippen molar-refractivity contribution in [1.82, 2.24) is 10.3 Å². The van der Waals surface area contributed by atoms with Crippen molar-refractivity contribution >= 4 is 26.8 Å². The Labute approximate surface area is 104 Å². The molecule has 1 unspecified atom stereocenters. The first-order valence-electron chi connectivity index (χ1n) is 5.77. The standard InChI is InChI=1S/C13H15BrN2/c1-8-10-5-4-9(14)7-12(10)16-13(8)11-3-2-6-15-11/h4-5,7,11,15-16H,2-3,6H2,1H3.